The van der Waals surface area contributed by atoms with E-state index in [0.717, 1.165) is 6.54 Å². The smallest absolute Gasteiger partial charge is 0.225 e. The van der Waals surface area contributed by atoms with Crippen LogP contribution in [0.25, 0.3) is 0 Å². The minimum absolute atomic E-state index is 0.0165. The van der Waals surface area contributed by atoms with Gasteiger partial charge in [-0.05, 0) is 31.2 Å². The van der Waals surface area contributed by atoms with Crippen molar-refractivity contribution in [3.8, 4) is 0 Å². The lowest BCUT2D eigenvalue weighted by Gasteiger charge is -2.26. The molecule has 128 valence electrons. The summed E-state index contributed by atoms with van der Waals surface area (Å²) in [5.41, 5.74) is 0.593. The number of carbonyl (C=O) groups excluding carboxylic acids is 1. The second kappa shape index (κ2) is 7.83. The van der Waals surface area contributed by atoms with E-state index in [1.165, 1.54) is 0 Å². The van der Waals surface area contributed by atoms with Gasteiger partial charge in [-0.15, -0.1) is 0 Å². The Bertz CT molecular complexity index is 679. The zero-order valence-electron chi connectivity index (χ0n) is 12.9. The number of carbonyl (C=O) groups is 1. The second-order valence-corrected chi connectivity index (χ2v) is 8.66. The molecule has 1 unspecified atom stereocenters. The van der Waals surface area contributed by atoms with Crippen molar-refractivity contribution in [1.29, 1.82) is 0 Å². The van der Waals surface area contributed by atoms with Crippen molar-refractivity contribution in [2.24, 2.45) is 0 Å². The van der Waals surface area contributed by atoms with Crippen LogP contribution >= 0.6 is 23.2 Å². The zero-order valence-corrected chi connectivity index (χ0v) is 15.2. The third-order valence-corrected chi connectivity index (χ3v) is 6.45. The fourth-order valence-corrected chi connectivity index (χ4v) is 4.76. The molecular formula is C15H20Cl2N2O3S. The van der Waals surface area contributed by atoms with E-state index in [1.54, 1.807) is 18.2 Å². The molecule has 1 aromatic carbocycles. The fraction of sp³-hybridized carbons (Fsp3) is 0.533. The molecule has 1 atom stereocenters. The molecule has 23 heavy (non-hydrogen) atoms. The Balaban J connectivity index is 1.86. The van der Waals surface area contributed by atoms with Crippen molar-refractivity contribution in [3.05, 3.63) is 28.2 Å². The summed E-state index contributed by atoms with van der Waals surface area (Å²) in [5, 5.41) is 3.59. The van der Waals surface area contributed by atoms with Crippen LogP contribution in [0, 0.1) is 0 Å². The fourth-order valence-electron chi connectivity index (χ4n) is 2.70. The van der Waals surface area contributed by atoms with Crippen LogP contribution < -0.4 is 5.32 Å². The van der Waals surface area contributed by atoms with E-state index in [-0.39, 0.29) is 23.5 Å². The lowest BCUT2D eigenvalue weighted by molar-refractivity contribution is -0.116. The first-order valence-electron chi connectivity index (χ1n) is 7.50. The van der Waals surface area contributed by atoms with E-state index < -0.39 is 9.84 Å². The highest BCUT2D eigenvalue weighted by Gasteiger charge is 2.31. The molecule has 0 aliphatic carbocycles. The highest BCUT2D eigenvalue weighted by atomic mass is 35.5. The molecule has 1 heterocycles. The molecule has 0 saturated carbocycles. The van der Waals surface area contributed by atoms with Crippen molar-refractivity contribution in [3.63, 3.8) is 0 Å². The Morgan fingerprint density at radius 1 is 1.35 bits per heavy atom. The van der Waals surface area contributed by atoms with Gasteiger partial charge in [0.2, 0.25) is 5.91 Å². The highest BCUT2D eigenvalue weighted by Crippen LogP contribution is 2.25. The number of amides is 1. The van der Waals surface area contributed by atoms with Crippen LogP contribution in [0.2, 0.25) is 10.0 Å². The maximum absolute atomic E-state index is 12.0. The summed E-state index contributed by atoms with van der Waals surface area (Å²) in [6, 6.07) is 4.93. The van der Waals surface area contributed by atoms with E-state index in [2.05, 4.69) is 10.2 Å². The first-order chi connectivity index (χ1) is 10.8. The van der Waals surface area contributed by atoms with Gasteiger partial charge >= 0.3 is 0 Å². The van der Waals surface area contributed by atoms with Crippen molar-refractivity contribution in [2.45, 2.75) is 25.8 Å². The predicted octanol–water partition coefficient (Wildman–Crippen LogP) is 2.83. The van der Waals surface area contributed by atoms with Gasteiger partial charge in [0.1, 0.15) is 0 Å². The Morgan fingerprint density at radius 2 is 2.09 bits per heavy atom. The number of hydrogen-bond donors (Lipinski definition) is 1. The van der Waals surface area contributed by atoms with Gasteiger partial charge in [-0.2, -0.15) is 0 Å². The minimum atomic E-state index is -2.92. The molecule has 1 saturated heterocycles. The molecule has 0 bridgehead atoms. The maximum Gasteiger partial charge on any atom is 0.225 e. The quantitative estimate of drug-likeness (QED) is 0.826. The largest absolute Gasteiger partial charge is 0.326 e. The number of hydrogen-bond acceptors (Lipinski definition) is 4. The number of benzene rings is 1. The lowest BCUT2D eigenvalue weighted by atomic mass is 10.2. The van der Waals surface area contributed by atoms with Crippen LogP contribution in [-0.4, -0.2) is 49.9 Å². The van der Waals surface area contributed by atoms with E-state index in [4.69, 9.17) is 23.2 Å². The highest BCUT2D eigenvalue weighted by molar-refractivity contribution is 7.91. The first kappa shape index (κ1) is 18.5. The Hall–Kier alpha value is -0.820. The van der Waals surface area contributed by atoms with Crippen LogP contribution in [-0.2, 0) is 14.6 Å². The SMILES string of the molecule is CCN(CCC(=O)Nc1ccc(Cl)c(Cl)c1)C1CCS(=O)(=O)C1. The lowest BCUT2D eigenvalue weighted by Crippen LogP contribution is -2.38. The molecule has 1 amide bonds. The summed E-state index contributed by atoms with van der Waals surface area (Å²) in [4.78, 5) is 14.1. The Kier molecular flexibility index (Phi) is 6.31. The normalized spacial score (nSPS) is 19.9. The van der Waals surface area contributed by atoms with Gasteiger partial charge in [-0.3, -0.25) is 9.69 Å². The summed E-state index contributed by atoms with van der Waals surface area (Å²) in [6.07, 6.45) is 0.940. The van der Waals surface area contributed by atoms with E-state index >= 15 is 0 Å². The van der Waals surface area contributed by atoms with Gasteiger partial charge in [0, 0.05) is 24.7 Å². The molecule has 0 spiro atoms. The summed E-state index contributed by atoms with van der Waals surface area (Å²) >= 11 is 11.7. The molecule has 0 aromatic heterocycles. The molecule has 1 aromatic rings. The van der Waals surface area contributed by atoms with Gasteiger partial charge in [0.05, 0.1) is 21.6 Å². The average Bonchev–Trinajstić information content (AvgIpc) is 2.84. The summed E-state index contributed by atoms with van der Waals surface area (Å²) in [5.74, 6) is 0.293. The van der Waals surface area contributed by atoms with Crippen molar-refractivity contribution >= 4 is 44.6 Å². The number of anilines is 1. The Labute approximate surface area is 146 Å². The average molecular weight is 379 g/mol. The van der Waals surface area contributed by atoms with Gasteiger partial charge < -0.3 is 5.32 Å². The molecule has 1 aliphatic rings. The zero-order chi connectivity index (χ0) is 17.0. The van der Waals surface area contributed by atoms with Crippen LogP contribution in [0.15, 0.2) is 18.2 Å². The van der Waals surface area contributed by atoms with Gasteiger partial charge in [0.25, 0.3) is 0 Å². The second-order valence-electron chi connectivity index (χ2n) is 5.61. The van der Waals surface area contributed by atoms with Gasteiger partial charge in [0.15, 0.2) is 9.84 Å². The van der Waals surface area contributed by atoms with E-state index in [0.29, 0.717) is 35.1 Å². The minimum Gasteiger partial charge on any atom is -0.326 e. The summed E-state index contributed by atoms with van der Waals surface area (Å²) < 4.78 is 23.1. The van der Waals surface area contributed by atoms with E-state index in [9.17, 15) is 13.2 Å². The van der Waals surface area contributed by atoms with Crippen LogP contribution in [0.5, 0.6) is 0 Å². The first-order valence-corrected chi connectivity index (χ1v) is 10.1. The number of nitrogens with one attached hydrogen (secondary N) is 1. The number of sulfone groups is 1. The molecule has 8 heteroatoms. The monoisotopic (exact) mass is 378 g/mol. The topological polar surface area (TPSA) is 66.5 Å². The van der Waals surface area contributed by atoms with Crippen LogP contribution in [0.3, 0.4) is 0 Å². The van der Waals surface area contributed by atoms with Crippen LogP contribution in [0.1, 0.15) is 19.8 Å². The van der Waals surface area contributed by atoms with Crippen LogP contribution in [0.4, 0.5) is 5.69 Å². The standard InChI is InChI=1S/C15H20Cl2N2O3S/c1-2-19(12-6-8-23(21,22)10-12)7-5-15(20)18-11-3-4-13(16)14(17)9-11/h3-4,9,12H,2,5-8,10H2,1H3,(H,18,20). The van der Waals surface area contributed by atoms with Crippen molar-refractivity contribution < 1.29 is 13.2 Å². The van der Waals surface area contributed by atoms with E-state index in [1.807, 2.05) is 6.92 Å². The molecular weight excluding hydrogens is 359 g/mol. The molecule has 1 fully saturated rings. The maximum atomic E-state index is 12.0. The number of nitrogens with zero attached hydrogens (tertiary/aromatic N) is 1. The molecule has 0 radical (unpaired) electrons. The molecule has 5 nitrogen and oxygen atoms in total. The summed E-state index contributed by atoms with van der Waals surface area (Å²) in [7, 11) is -2.92. The third-order valence-electron chi connectivity index (χ3n) is 3.96. The van der Waals surface area contributed by atoms with Gasteiger partial charge in [-0.25, -0.2) is 8.42 Å². The number of halogens is 2. The summed E-state index contributed by atoms with van der Waals surface area (Å²) in [6.45, 7) is 3.23. The number of rotatable bonds is 6. The Morgan fingerprint density at radius 3 is 2.65 bits per heavy atom. The third kappa shape index (κ3) is 5.35. The van der Waals surface area contributed by atoms with Crippen molar-refractivity contribution in [1.82, 2.24) is 4.90 Å². The van der Waals surface area contributed by atoms with Crippen molar-refractivity contribution in [2.75, 3.05) is 29.9 Å². The predicted molar refractivity (Wildman–Crippen MR) is 94.0 cm³/mol. The molecule has 1 N–H and O–H groups in total. The van der Waals surface area contributed by atoms with Gasteiger partial charge in [-0.1, -0.05) is 30.1 Å². The molecule has 1 aliphatic heterocycles. The molecule has 2 rings (SSSR count).